The van der Waals surface area contributed by atoms with E-state index in [1.54, 1.807) is 0 Å². The number of hydrogen-bond acceptors (Lipinski definition) is 6. The molecule has 0 bridgehead atoms. The molecule has 0 amide bonds. The van der Waals surface area contributed by atoms with Gasteiger partial charge in [-0.2, -0.15) is 0 Å². The molecule has 3 saturated heterocycles. The number of piperazine rings is 1. The normalized spacial score (nSPS) is 30.8. The Kier molecular flexibility index (Phi) is 5.21. The SMILES string of the molecule is CCN1CCN(Cc2cc(CN3CCCC3)cs2)[C@H]2CS(=O)(=O)C[C@H]21. The average Bonchev–Trinajstić information content (AvgIpc) is 3.28. The molecule has 3 aliphatic heterocycles. The highest BCUT2D eigenvalue weighted by molar-refractivity contribution is 7.91. The van der Waals surface area contributed by atoms with Crippen molar-refractivity contribution in [3.05, 3.63) is 21.9 Å². The van der Waals surface area contributed by atoms with Gasteiger partial charge >= 0.3 is 0 Å². The number of thiophene rings is 1. The third kappa shape index (κ3) is 3.95. The lowest BCUT2D eigenvalue weighted by atomic mass is 10.0. The molecule has 0 aromatic carbocycles. The molecular formula is C18H29N3O2S2. The van der Waals surface area contributed by atoms with E-state index in [4.69, 9.17) is 0 Å². The number of likely N-dealkylation sites (N-methyl/N-ethyl adjacent to an activating group) is 1. The van der Waals surface area contributed by atoms with Crippen LogP contribution in [0.15, 0.2) is 11.4 Å². The van der Waals surface area contributed by atoms with Gasteiger partial charge in [0.05, 0.1) is 11.5 Å². The van der Waals surface area contributed by atoms with E-state index in [1.807, 2.05) is 11.3 Å². The smallest absolute Gasteiger partial charge is 0.153 e. The van der Waals surface area contributed by atoms with Crippen molar-refractivity contribution < 1.29 is 8.42 Å². The highest BCUT2D eigenvalue weighted by Crippen LogP contribution is 2.29. The lowest BCUT2D eigenvalue weighted by Crippen LogP contribution is -2.58. The Labute approximate surface area is 155 Å². The Balaban J connectivity index is 1.42. The topological polar surface area (TPSA) is 43.9 Å². The lowest BCUT2D eigenvalue weighted by Gasteiger charge is -2.43. The molecule has 0 N–H and O–H groups in total. The number of likely N-dealkylation sites (tertiary alicyclic amines) is 1. The molecule has 0 aliphatic carbocycles. The highest BCUT2D eigenvalue weighted by atomic mass is 32.2. The van der Waals surface area contributed by atoms with Crippen LogP contribution in [0.4, 0.5) is 0 Å². The van der Waals surface area contributed by atoms with Crippen LogP contribution >= 0.6 is 11.3 Å². The predicted molar refractivity (Wildman–Crippen MR) is 103 cm³/mol. The first-order chi connectivity index (χ1) is 12.0. The van der Waals surface area contributed by atoms with E-state index in [9.17, 15) is 8.42 Å². The van der Waals surface area contributed by atoms with Crippen molar-refractivity contribution in [1.82, 2.24) is 14.7 Å². The summed E-state index contributed by atoms with van der Waals surface area (Å²) in [6.45, 7) is 9.48. The molecule has 4 rings (SSSR count). The fourth-order valence-corrected chi connectivity index (χ4v) is 7.62. The predicted octanol–water partition coefficient (Wildman–Crippen LogP) is 1.65. The quantitative estimate of drug-likeness (QED) is 0.774. The van der Waals surface area contributed by atoms with E-state index in [2.05, 4.69) is 33.1 Å². The molecule has 0 saturated carbocycles. The minimum absolute atomic E-state index is 0.169. The van der Waals surface area contributed by atoms with Gasteiger partial charge in [0, 0.05) is 43.1 Å². The van der Waals surface area contributed by atoms with Crippen molar-refractivity contribution in [3.63, 3.8) is 0 Å². The highest BCUT2D eigenvalue weighted by Gasteiger charge is 2.45. The Bertz CT molecular complexity index is 697. The second kappa shape index (κ2) is 7.27. The zero-order valence-corrected chi connectivity index (χ0v) is 16.7. The van der Waals surface area contributed by atoms with Crippen LogP contribution in [0.5, 0.6) is 0 Å². The maximum atomic E-state index is 12.2. The van der Waals surface area contributed by atoms with Gasteiger partial charge in [0.15, 0.2) is 9.84 Å². The Hall–Kier alpha value is -0.470. The number of sulfone groups is 1. The minimum Gasteiger partial charge on any atom is -0.299 e. The molecule has 0 radical (unpaired) electrons. The van der Waals surface area contributed by atoms with Crippen LogP contribution in [-0.4, -0.2) is 79.4 Å². The van der Waals surface area contributed by atoms with Crippen molar-refractivity contribution in [2.45, 2.75) is 44.9 Å². The zero-order chi connectivity index (χ0) is 17.4. The molecule has 25 heavy (non-hydrogen) atoms. The average molecular weight is 384 g/mol. The van der Waals surface area contributed by atoms with Crippen molar-refractivity contribution in [1.29, 1.82) is 0 Å². The molecule has 0 unspecified atom stereocenters. The number of fused-ring (bicyclic) bond motifs is 1. The van der Waals surface area contributed by atoms with Crippen molar-refractivity contribution in [2.24, 2.45) is 0 Å². The summed E-state index contributed by atoms with van der Waals surface area (Å²) in [6.07, 6.45) is 2.66. The van der Waals surface area contributed by atoms with E-state index in [-0.39, 0.29) is 12.1 Å². The maximum absolute atomic E-state index is 12.2. The van der Waals surface area contributed by atoms with Crippen LogP contribution in [-0.2, 0) is 22.9 Å². The van der Waals surface area contributed by atoms with Crippen molar-refractivity contribution in [2.75, 3.05) is 44.2 Å². The second-order valence-electron chi connectivity index (χ2n) is 7.72. The monoisotopic (exact) mass is 383 g/mol. The second-order valence-corrected chi connectivity index (χ2v) is 10.9. The van der Waals surface area contributed by atoms with Gasteiger partial charge in [0.1, 0.15) is 0 Å². The molecule has 3 aliphatic rings. The molecule has 2 atom stereocenters. The molecule has 3 fully saturated rings. The van der Waals surface area contributed by atoms with Crippen LogP contribution in [0.25, 0.3) is 0 Å². The number of nitrogens with zero attached hydrogens (tertiary/aromatic N) is 3. The van der Waals surface area contributed by atoms with Gasteiger partial charge in [-0.05, 0) is 49.5 Å². The zero-order valence-electron chi connectivity index (χ0n) is 15.1. The first-order valence-electron chi connectivity index (χ1n) is 9.51. The summed E-state index contributed by atoms with van der Waals surface area (Å²) in [7, 11) is -2.89. The van der Waals surface area contributed by atoms with Gasteiger partial charge < -0.3 is 0 Å². The molecule has 1 aromatic heterocycles. The standard InChI is InChI=1S/C18H29N3O2S2/c1-2-20-7-8-21(18-14-25(22,23)13-17(18)20)11-16-9-15(12-24-16)10-19-5-3-4-6-19/h9,12,17-18H,2-8,10-11,13-14H2,1H3/t17-,18+/m1/s1. The van der Waals surface area contributed by atoms with Gasteiger partial charge in [-0.3, -0.25) is 14.7 Å². The summed E-state index contributed by atoms with van der Waals surface area (Å²) >= 11 is 1.84. The number of rotatable bonds is 5. The van der Waals surface area contributed by atoms with Crippen LogP contribution in [0, 0.1) is 0 Å². The molecule has 7 heteroatoms. The van der Waals surface area contributed by atoms with Gasteiger partial charge in [0.2, 0.25) is 0 Å². The van der Waals surface area contributed by atoms with E-state index in [1.165, 1.54) is 36.4 Å². The fraction of sp³-hybridized carbons (Fsp3) is 0.778. The summed E-state index contributed by atoms with van der Waals surface area (Å²) in [5.74, 6) is 0.673. The summed E-state index contributed by atoms with van der Waals surface area (Å²) in [4.78, 5) is 8.69. The molecule has 140 valence electrons. The van der Waals surface area contributed by atoms with E-state index in [0.29, 0.717) is 11.5 Å². The van der Waals surface area contributed by atoms with Gasteiger partial charge in [-0.15, -0.1) is 11.3 Å². The third-order valence-corrected chi connectivity index (χ3v) is 8.65. The fourth-order valence-electron chi connectivity index (χ4n) is 4.68. The summed E-state index contributed by atoms with van der Waals surface area (Å²) in [5, 5.41) is 2.29. The molecule has 0 spiro atoms. The van der Waals surface area contributed by atoms with E-state index >= 15 is 0 Å². The van der Waals surface area contributed by atoms with Crippen LogP contribution in [0.1, 0.15) is 30.2 Å². The van der Waals surface area contributed by atoms with E-state index in [0.717, 1.165) is 32.7 Å². The van der Waals surface area contributed by atoms with Crippen LogP contribution < -0.4 is 0 Å². The molecule has 5 nitrogen and oxygen atoms in total. The molecular weight excluding hydrogens is 354 g/mol. The Morgan fingerprint density at radius 2 is 1.72 bits per heavy atom. The first-order valence-corrected chi connectivity index (χ1v) is 12.2. The van der Waals surface area contributed by atoms with Crippen LogP contribution in [0.2, 0.25) is 0 Å². The minimum atomic E-state index is -2.89. The van der Waals surface area contributed by atoms with E-state index < -0.39 is 9.84 Å². The van der Waals surface area contributed by atoms with Crippen LogP contribution in [0.3, 0.4) is 0 Å². The van der Waals surface area contributed by atoms with Gasteiger partial charge in [-0.25, -0.2) is 8.42 Å². The summed E-state index contributed by atoms with van der Waals surface area (Å²) in [6, 6.07) is 2.70. The van der Waals surface area contributed by atoms with Gasteiger partial charge in [-0.1, -0.05) is 6.92 Å². The Morgan fingerprint density at radius 1 is 1.04 bits per heavy atom. The lowest BCUT2D eigenvalue weighted by molar-refractivity contribution is 0.0445. The van der Waals surface area contributed by atoms with Crippen molar-refractivity contribution in [3.8, 4) is 0 Å². The number of hydrogen-bond donors (Lipinski definition) is 0. The largest absolute Gasteiger partial charge is 0.299 e. The van der Waals surface area contributed by atoms with Gasteiger partial charge in [0.25, 0.3) is 0 Å². The third-order valence-electron chi connectivity index (χ3n) is 5.98. The first kappa shape index (κ1) is 17.9. The van der Waals surface area contributed by atoms with Crippen molar-refractivity contribution >= 4 is 21.2 Å². The molecule has 4 heterocycles. The summed E-state index contributed by atoms with van der Waals surface area (Å²) < 4.78 is 24.4. The Morgan fingerprint density at radius 3 is 2.44 bits per heavy atom. The maximum Gasteiger partial charge on any atom is 0.153 e. The molecule has 1 aromatic rings. The summed E-state index contributed by atoms with van der Waals surface area (Å²) in [5.41, 5.74) is 1.42.